The normalized spacial score (nSPS) is 15.9. The van der Waals surface area contributed by atoms with Crippen LogP contribution in [0.25, 0.3) is 0 Å². The van der Waals surface area contributed by atoms with Crippen molar-refractivity contribution in [3.05, 3.63) is 0 Å². The number of nitrogens with one attached hydrogen (secondary N) is 1. The van der Waals surface area contributed by atoms with Gasteiger partial charge in [-0.1, -0.05) is 0 Å². The Hall–Kier alpha value is -0.610. The molecule has 0 amide bonds. The quantitative estimate of drug-likeness (QED) is 0.706. The predicted octanol–water partition coefficient (Wildman–Crippen LogP) is 1.34. The minimum absolute atomic E-state index is 0.127. The van der Waals surface area contributed by atoms with Crippen LogP contribution < -0.4 is 5.32 Å². The molecule has 0 aromatic carbocycles. The van der Waals surface area contributed by atoms with Crippen molar-refractivity contribution in [3.8, 4) is 0 Å². The minimum atomic E-state index is -0.432. The Morgan fingerprint density at radius 1 is 1.40 bits per heavy atom. The summed E-state index contributed by atoms with van der Waals surface area (Å²) in [6.45, 7) is 7.54. The first-order chi connectivity index (χ1) is 6.80. The summed E-state index contributed by atoms with van der Waals surface area (Å²) in [6, 6.07) is 0.127. The minimum Gasteiger partial charge on any atom is -0.460 e. The zero-order valence-electron chi connectivity index (χ0n) is 10.6. The van der Waals surface area contributed by atoms with Gasteiger partial charge in [0.25, 0.3) is 0 Å². The molecule has 0 aliphatic heterocycles. The lowest BCUT2D eigenvalue weighted by molar-refractivity contribution is -0.158. The second kappa shape index (κ2) is 6.08. The Labute approximate surface area is 92.3 Å². The van der Waals surface area contributed by atoms with Crippen LogP contribution in [0.5, 0.6) is 0 Å². The smallest absolute Gasteiger partial charge is 0.309 e. The Morgan fingerprint density at radius 2 is 1.93 bits per heavy atom. The summed E-state index contributed by atoms with van der Waals surface area (Å²) in [5, 5.41) is 3.05. The maximum atomic E-state index is 11.5. The summed E-state index contributed by atoms with van der Waals surface area (Å²) in [5.74, 6) is -0.226. The van der Waals surface area contributed by atoms with E-state index in [4.69, 9.17) is 9.47 Å². The topological polar surface area (TPSA) is 47.6 Å². The number of hydrogen-bond acceptors (Lipinski definition) is 4. The molecule has 2 atom stereocenters. The van der Waals surface area contributed by atoms with Crippen LogP contribution in [0.3, 0.4) is 0 Å². The zero-order chi connectivity index (χ0) is 12.1. The van der Waals surface area contributed by atoms with Crippen molar-refractivity contribution in [1.82, 2.24) is 5.32 Å². The van der Waals surface area contributed by atoms with E-state index in [2.05, 4.69) is 5.32 Å². The lowest BCUT2D eigenvalue weighted by Crippen LogP contribution is -2.39. The van der Waals surface area contributed by atoms with Crippen molar-refractivity contribution in [2.75, 3.05) is 14.2 Å². The van der Waals surface area contributed by atoms with Crippen LogP contribution in [0.15, 0.2) is 0 Å². The number of methoxy groups -OCH3 is 1. The van der Waals surface area contributed by atoms with Crippen molar-refractivity contribution in [2.24, 2.45) is 0 Å². The molecular formula is C11H23NO3. The summed E-state index contributed by atoms with van der Waals surface area (Å²) >= 11 is 0. The van der Waals surface area contributed by atoms with Crippen LogP contribution in [0, 0.1) is 0 Å². The number of esters is 1. The van der Waals surface area contributed by atoms with Crippen molar-refractivity contribution in [1.29, 1.82) is 0 Å². The summed E-state index contributed by atoms with van der Waals surface area (Å²) in [7, 11) is 3.44. The fourth-order valence-electron chi connectivity index (χ4n) is 1.20. The van der Waals surface area contributed by atoms with E-state index < -0.39 is 5.60 Å². The average Bonchev–Trinajstić information content (AvgIpc) is 2.10. The molecular weight excluding hydrogens is 194 g/mol. The molecule has 4 heteroatoms. The molecule has 0 aromatic heterocycles. The molecule has 0 heterocycles. The van der Waals surface area contributed by atoms with Crippen LogP contribution in [0.4, 0.5) is 0 Å². The largest absolute Gasteiger partial charge is 0.460 e. The molecule has 15 heavy (non-hydrogen) atoms. The van der Waals surface area contributed by atoms with Crippen molar-refractivity contribution in [2.45, 2.75) is 51.9 Å². The second-order valence-electron chi connectivity index (χ2n) is 4.64. The molecule has 1 N–H and O–H groups in total. The lowest BCUT2D eigenvalue weighted by Gasteiger charge is -2.24. The summed E-state index contributed by atoms with van der Waals surface area (Å²) in [6.07, 6.45) is 0.125. The zero-order valence-corrected chi connectivity index (χ0v) is 10.6. The van der Waals surface area contributed by atoms with Gasteiger partial charge >= 0.3 is 5.97 Å². The highest BCUT2D eigenvalue weighted by atomic mass is 16.6. The first kappa shape index (κ1) is 14.4. The van der Waals surface area contributed by atoms with Gasteiger partial charge in [-0.25, -0.2) is 0 Å². The first-order valence-corrected chi connectivity index (χ1v) is 5.22. The van der Waals surface area contributed by atoms with Gasteiger partial charge in [0.05, 0.1) is 12.5 Å². The van der Waals surface area contributed by atoms with E-state index in [0.717, 1.165) is 0 Å². The van der Waals surface area contributed by atoms with E-state index in [1.807, 2.05) is 34.7 Å². The van der Waals surface area contributed by atoms with Gasteiger partial charge in [0.15, 0.2) is 0 Å². The molecule has 0 fully saturated rings. The van der Waals surface area contributed by atoms with Gasteiger partial charge in [-0.2, -0.15) is 0 Å². The van der Waals surface area contributed by atoms with Gasteiger partial charge in [0.2, 0.25) is 0 Å². The predicted molar refractivity (Wildman–Crippen MR) is 59.8 cm³/mol. The fourth-order valence-corrected chi connectivity index (χ4v) is 1.20. The van der Waals surface area contributed by atoms with Crippen LogP contribution in [-0.4, -0.2) is 37.9 Å². The van der Waals surface area contributed by atoms with E-state index >= 15 is 0 Å². The SMILES string of the molecule is CNC(C)C(CC(=O)OC(C)(C)C)OC. The number of rotatable bonds is 5. The standard InChI is InChI=1S/C11H23NO3/c1-8(12-5)9(14-6)7-10(13)15-11(2,3)4/h8-9,12H,7H2,1-6H3. The molecule has 0 aromatic rings. The molecule has 0 bridgehead atoms. The van der Waals surface area contributed by atoms with Crippen molar-refractivity contribution >= 4 is 5.97 Å². The van der Waals surface area contributed by atoms with Crippen molar-refractivity contribution < 1.29 is 14.3 Å². The van der Waals surface area contributed by atoms with Gasteiger partial charge in [0.1, 0.15) is 5.60 Å². The van der Waals surface area contributed by atoms with Crippen LogP contribution in [-0.2, 0) is 14.3 Å². The Morgan fingerprint density at radius 3 is 2.27 bits per heavy atom. The average molecular weight is 217 g/mol. The highest BCUT2D eigenvalue weighted by Gasteiger charge is 2.23. The molecule has 90 valence electrons. The van der Waals surface area contributed by atoms with E-state index in [-0.39, 0.29) is 24.5 Å². The van der Waals surface area contributed by atoms with E-state index in [1.165, 1.54) is 0 Å². The van der Waals surface area contributed by atoms with Crippen LogP contribution in [0.2, 0.25) is 0 Å². The molecule has 0 rings (SSSR count). The number of hydrogen-bond donors (Lipinski definition) is 1. The highest BCUT2D eigenvalue weighted by molar-refractivity contribution is 5.70. The van der Waals surface area contributed by atoms with Gasteiger partial charge in [-0.3, -0.25) is 4.79 Å². The Balaban J connectivity index is 4.13. The van der Waals surface area contributed by atoms with Crippen molar-refractivity contribution in [3.63, 3.8) is 0 Å². The molecule has 0 saturated heterocycles. The molecule has 4 nitrogen and oxygen atoms in total. The number of ether oxygens (including phenoxy) is 2. The van der Waals surface area contributed by atoms with Crippen LogP contribution >= 0.6 is 0 Å². The third-order valence-electron chi connectivity index (χ3n) is 2.10. The second-order valence-corrected chi connectivity index (χ2v) is 4.64. The third-order valence-corrected chi connectivity index (χ3v) is 2.10. The maximum Gasteiger partial charge on any atom is 0.309 e. The fraction of sp³-hybridized carbons (Fsp3) is 0.909. The summed E-state index contributed by atoms with van der Waals surface area (Å²) < 4.78 is 10.4. The third kappa shape index (κ3) is 6.47. The number of likely N-dealkylation sites (N-methyl/N-ethyl adjacent to an activating group) is 1. The molecule has 2 unspecified atom stereocenters. The summed E-state index contributed by atoms with van der Waals surface area (Å²) in [5.41, 5.74) is -0.432. The van der Waals surface area contributed by atoms with Gasteiger partial charge in [-0.05, 0) is 34.7 Å². The van der Waals surface area contributed by atoms with E-state index in [9.17, 15) is 4.79 Å². The summed E-state index contributed by atoms with van der Waals surface area (Å²) in [4.78, 5) is 11.5. The Bertz CT molecular complexity index is 198. The molecule has 0 aliphatic carbocycles. The molecule has 0 spiro atoms. The number of carbonyl (C=O) groups excluding carboxylic acids is 1. The molecule has 0 radical (unpaired) electrons. The first-order valence-electron chi connectivity index (χ1n) is 5.22. The van der Waals surface area contributed by atoms with Gasteiger partial charge in [0, 0.05) is 13.2 Å². The van der Waals surface area contributed by atoms with Gasteiger partial charge in [-0.15, -0.1) is 0 Å². The molecule has 0 aliphatic rings. The maximum absolute atomic E-state index is 11.5. The lowest BCUT2D eigenvalue weighted by atomic mass is 10.1. The number of carbonyl (C=O) groups is 1. The van der Waals surface area contributed by atoms with E-state index in [1.54, 1.807) is 7.11 Å². The van der Waals surface area contributed by atoms with Gasteiger partial charge < -0.3 is 14.8 Å². The Kier molecular flexibility index (Phi) is 5.83. The molecule has 0 saturated carbocycles. The highest BCUT2D eigenvalue weighted by Crippen LogP contribution is 2.11. The van der Waals surface area contributed by atoms with Crippen LogP contribution in [0.1, 0.15) is 34.1 Å². The van der Waals surface area contributed by atoms with E-state index in [0.29, 0.717) is 0 Å². The monoisotopic (exact) mass is 217 g/mol.